The van der Waals surface area contributed by atoms with Gasteiger partial charge in [-0.2, -0.15) is 0 Å². The summed E-state index contributed by atoms with van der Waals surface area (Å²) < 4.78 is 0. The van der Waals surface area contributed by atoms with Crippen LogP contribution in [0.5, 0.6) is 0 Å². The first kappa shape index (κ1) is 10.8. The third-order valence-corrected chi connectivity index (χ3v) is 4.52. The van der Waals surface area contributed by atoms with Gasteiger partial charge in [-0.25, -0.2) is 0 Å². The average molecular weight is 210 g/mol. The summed E-state index contributed by atoms with van der Waals surface area (Å²) in [6, 6.07) is 0. The van der Waals surface area contributed by atoms with Crippen LogP contribution in [0, 0.1) is 16.7 Å². The summed E-state index contributed by atoms with van der Waals surface area (Å²) in [5.41, 5.74) is -2.30. The van der Waals surface area contributed by atoms with E-state index in [4.69, 9.17) is 0 Å². The van der Waals surface area contributed by atoms with E-state index in [2.05, 4.69) is 0 Å². The van der Waals surface area contributed by atoms with Crippen molar-refractivity contribution in [3.63, 3.8) is 0 Å². The van der Waals surface area contributed by atoms with E-state index in [1.165, 1.54) is 0 Å². The second-order valence-electron chi connectivity index (χ2n) is 5.93. The van der Waals surface area contributed by atoms with Gasteiger partial charge in [-0.3, -0.25) is 4.79 Å². The Morgan fingerprint density at radius 1 is 1.40 bits per heavy atom. The highest BCUT2D eigenvalue weighted by atomic mass is 16.3. The van der Waals surface area contributed by atoms with E-state index in [0.29, 0.717) is 19.3 Å². The molecule has 0 spiro atoms. The summed E-state index contributed by atoms with van der Waals surface area (Å²) in [6.07, 6.45) is 2.51. The molecule has 0 aromatic heterocycles. The monoisotopic (exact) mass is 210 g/mol. The van der Waals surface area contributed by atoms with Gasteiger partial charge < -0.3 is 9.90 Å². The quantitative estimate of drug-likeness (QED) is 0.664. The van der Waals surface area contributed by atoms with Crippen molar-refractivity contribution in [3.8, 4) is 0 Å². The Labute approximate surface area is 89.9 Å². The largest absolute Gasteiger partial charge is 0.388 e. The Morgan fingerprint density at radius 3 is 2.53 bits per heavy atom. The summed E-state index contributed by atoms with van der Waals surface area (Å²) in [6.45, 7) is 5.53. The molecule has 0 aromatic carbocycles. The summed E-state index contributed by atoms with van der Waals surface area (Å²) in [7, 11) is 0. The Balaban J connectivity index is 2.50. The lowest BCUT2D eigenvalue weighted by molar-refractivity contribution is -0.138. The molecule has 3 atom stereocenters. The number of fused-ring (bicyclic) bond motifs is 1. The van der Waals surface area contributed by atoms with Gasteiger partial charge in [0.15, 0.2) is 0 Å². The van der Waals surface area contributed by atoms with E-state index < -0.39 is 16.4 Å². The molecule has 0 aliphatic heterocycles. The number of rotatable bonds is 1. The normalized spacial score (nSPS) is 48.0. The second kappa shape index (κ2) is 2.70. The lowest BCUT2D eigenvalue weighted by atomic mass is 9.75. The molecule has 0 saturated heterocycles. The van der Waals surface area contributed by atoms with Crippen LogP contribution in [0.3, 0.4) is 0 Å². The maximum absolute atomic E-state index is 12.2. The first-order chi connectivity index (χ1) is 6.78. The van der Waals surface area contributed by atoms with Crippen LogP contribution < -0.4 is 0 Å². The molecule has 3 heteroatoms. The van der Waals surface area contributed by atoms with E-state index in [-0.39, 0.29) is 11.7 Å². The first-order valence-electron chi connectivity index (χ1n) is 5.50. The fraction of sp³-hybridized carbons (Fsp3) is 0.833. The molecule has 0 radical (unpaired) electrons. The Morgan fingerprint density at radius 2 is 2.00 bits per heavy atom. The van der Waals surface area contributed by atoms with Crippen molar-refractivity contribution in [2.75, 3.05) is 0 Å². The number of carbonyl (C=O) groups is 2. The van der Waals surface area contributed by atoms with E-state index >= 15 is 0 Å². The summed E-state index contributed by atoms with van der Waals surface area (Å²) in [4.78, 5) is 23.2. The summed E-state index contributed by atoms with van der Waals surface area (Å²) >= 11 is 0. The van der Waals surface area contributed by atoms with Crippen LogP contribution >= 0.6 is 0 Å². The van der Waals surface area contributed by atoms with Gasteiger partial charge in [0.1, 0.15) is 12.1 Å². The minimum absolute atomic E-state index is 0.113. The second-order valence-corrected chi connectivity index (χ2v) is 5.93. The lowest BCUT2D eigenvalue weighted by Crippen LogP contribution is -2.45. The first-order valence-corrected chi connectivity index (χ1v) is 5.50. The average Bonchev–Trinajstić information content (AvgIpc) is 2.44. The SMILES string of the molecule is CC1(C)C[C@]2(O)[C@@H](C=O)CC[C@]2(C)C1=O. The molecule has 0 amide bonds. The van der Waals surface area contributed by atoms with Crippen LogP contribution in [0.1, 0.15) is 40.0 Å². The lowest BCUT2D eigenvalue weighted by Gasteiger charge is -2.33. The predicted octanol–water partition coefficient (Wildman–Crippen LogP) is 1.33. The third kappa shape index (κ3) is 1.05. The van der Waals surface area contributed by atoms with Gasteiger partial charge in [-0.1, -0.05) is 13.8 Å². The third-order valence-electron chi connectivity index (χ3n) is 4.52. The molecule has 2 aliphatic carbocycles. The van der Waals surface area contributed by atoms with E-state index in [0.717, 1.165) is 6.29 Å². The van der Waals surface area contributed by atoms with Crippen molar-refractivity contribution in [2.24, 2.45) is 16.7 Å². The Hall–Kier alpha value is -0.700. The molecular weight excluding hydrogens is 192 g/mol. The molecular formula is C12H18O3. The van der Waals surface area contributed by atoms with E-state index in [1.54, 1.807) is 0 Å². The van der Waals surface area contributed by atoms with Gasteiger partial charge in [0.05, 0.1) is 11.0 Å². The van der Waals surface area contributed by atoms with Gasteiger partial charge in [-0.05, 0) is 26.2 Å². The zero-order valence-electron chi connectivity index (χ0n) is 9.54. The van der Waals surface area contributed by atoms with Gasteiger partial charge in [0.2, 0.25) is 0 Å². The molecule has 2 aliphatic rings. The van der Waals surface area contributed by atoms with Crippen molar-refractivity contribution in [1.29, 1.82) is 0 Å². The maximum atomic E-state index is 12.2. The molecule has 0 aromatic rings. The predicted molar refractivity (Wildman–Crippen MR) is 55.2 cm³/mol. The van der Waals surface area contributed by atoms with Crippen LogP contribution in [0.25, 0.3) is 0 Å². The van der Waals surface area contributed by atoms with E-state index in [1.807, 2.05) is 20.8 Å². The minimum atomic E-state index is -1.10. The van der Waals surface area contributed by atoms with Crippen molar-refractivity contribution in [3.05, 3.63) is 0 Å². The molecule has 15 heavy (non-hydrogen) atoms. The van der Waals surface area contributed by atoms with Crippen LogP contribution in [0.4, 0.5) is 0 Å². The highest BCUT2D eigenvalue weighted by Gasteiger charge is 2.69. The topological polar surface area (TPSA) is 54.4 Å². The highest BCUT2D eigenvalue weighted by molar-refractivity contribution is 5.94. The highest BCUT2D eigenvalue weighted by Crippen LogP contribution is 2.62. The molecule has 3 nitrogen and oxygen atoms in total. The van der Waals surface area contributed by atoms with Crippen molar-refractivity contribution in [1.82, 2.24) is 0 Å². The fourth-order valence-electron chi connectivity index (χ4n) is 3.63. The van der Waals surface area contributed by atoms with Crippen LogP contribution in [0.15, 0.2) is 0 Å². The molecule has 2 fully saturated rings. The standard InChI is InChI=1S/C12H18O3/c1-10(2)7-12(15)8(6-13)4-5-11(12,3)9(10)14/h6,8,15H,4-5,7H2,1-3H3/t8-,11-,12+/m1/s1. The number of aldehydes is 1. The fourth-order valence-corrected chi connectivity index (χ4v) is 3.63. The van der Waals surface area contributed by atoms with Crippen LogP contribution in [-0.4, -0.2) is 22.8 Å². The van der Waals surface area contributed by atoms with Gasteiger partial charge in [-0.15, -0.1) is 0 Å². The molecule has 0 bridgehead atoms. The number of hydrogen-bond acceptors (Lipinski definition) is 3. The summed E-state index contributed by atoms with van der Waals surface area (Å²) in [5.74, 6) is -0.255. The van der Waals surface area contributed by atoms with Crippen molar-refractivity contribution in [2.45, 2.75) is 45.6 Å². The maximum Gasteiger partial charge on any atom is 0.147 e. The van der Waals surface area contributed by atoms with Gasteiger partial charge >= 0.3 is 0 Å². The van der Waals surface area contributed by atoms with E-state index in [9.17, 15) is 14.7 Å². The smallest absolute Gasteiger partial charge is 0.147 e. The van der Waals surface area contributed by atoms with Crippen LogP contribution in [-0.2, 0) is 9.59 Å². The summed E-state index contributed by atoms with van der Waals surface area (Å²) in [5, 5.41) is 10.6. The number of hydrogen-bond donors (Lipinski definition) is 1. The van der Waals surface area contributed by atoms with Gasteiger partial charge in [0.25, 0.3) is 0 Å². The number of Topliss-reactive ketones (excluding diaryl/α,β-unsaturated/α-hetero) is 1. The van der Waals surface area contributed by atoms with Crippen molar-refractivity contribution < 1.29 is 14.7 Å². The Bertz CT molecular complexity index is 334. The molecule has 2 saturated carbocycles. The van der Waals surface area contributed by atoms with Crippen LogP contribution in [0.2, 0.25) is 0 Å². The molecule has 0 heterocycles. The Kier molecular flexibility index (Phi) is 1.94. The minimum Gasteiger partial charge on any atom is -0.388 e. The molecule has 2 rings (SSSR count). The molecule has 1 N–H and O–H groups in total. The number of aliphatic hydroxyl groups is 1. The molecule has 0 unspecified atom stereocenters. The van der Waals surface area contributed by atoms with Crippen molar-refractivity contribution >= 4 is 12.1 Å². The zero-order valence-corrected chi connectivity index (χ0v) is 9.54. The number of ketones is 1. The van der Waals surface area contributed by atoms with Gasteiger partial charge in [0, 0.05) is 11.3 Å². The molecule has 84 valence electrons. The zero-order chi connectivity index (χ0) is 11.5. The number of carbonyl (C=O) groups excluding carboxylic acids is 2.